The van der Waals surface area contributed by atoms with Gasteiger partial charge in [-0.05, 0) is 37.5 Å². The van der Waals surface area contributed by atoms with Crippen LogP contribution in [0.15, 0.2) is 18.2 Å². The van der Waals surface area contributed by atoms with Crippen LogP contribution in [0, 0.1) is 0 Å². The third-order valence-corrected chi connectivity index (χ3v) is 7.03. The van der Waals surface area contributed by atoms with Crippen molar-refractivity contribution in [3.05, 3.63) is 23.8 Å². The molecule has 0 unspecified atom stereocenters. The first-order chi connectivity index (χ1) is 13.6. The smallest absolute Gasteiger partial charge is 0.315 e. The molecule has 1 aromatic carbocycles. The molecule has 3 amide bonds. The summed E-state index contributed by atoms with van der Waals surface area (Å²) < 4.78 is 11.2. The van der Waals surface area contributed by atoms with E-state index in [1.807, 2.05) is 36.9 Å². The number of hydrogen-bond donors (Lipinski definition) is 3. The van der Waals surface area contributed by atoms with Crippen LogP contribution in [0.5, 0.6) is 11.5 Å². The molecular formula is C20H27N3O4S. The van der Waals surface area contributed by atoms with Gasteiger partial charge in [0.05, 0.1) is 18.1 Å². The molecule has 2 fully saturated rings. The predicted molar refractivity (Wildman–Crippen MR) is 108 cm³/mol. The fourth-order valence-corrected chi connectivity index (χ4v) is 5.54. The Morgan fingerprint density at radius 2 is 2.07 bits per heavy atom. The Balaban J connectivity index is 1.18. The Bertz CT molecular complexity index is 744. The first kappa shape index (κ1) is 19.2. The average molecular weight is 406 g/mol. The molecule has 4 atom stereocenters. The fraction of sp³-hybridized carbons (Fsp3) is 0.600. The number of amides is 3. The van der Waals surface area contributed by atoms with Gasteiger partial charge in [-0.3, -0.25) is 4.79 Å². The number of carbonyl (C=O) groups is 2. The van der Waals surface area contributed by atoms with Gasteiger partial charge in [-0.2, -0.15) is 11.8 Å². The van der Waals surface area contributed by atoms with Crippen LogP contribution in [0.1, 0.15) is 44.2 Å². The first-order valence-electron chi connectivity index (χ1n) is 9.98. The molecule has 2 saturated heterocycles. The van der Waals surface area contributed by atoms with Crippen LogP contribution in [-0.2, 0) is 4.79 Å². The monoisotopic (exact) mass is 405 g/mol. The highest BCUT2D eigenvalue weighted by molar-refractivity contribution is 8.00. The van der Waals surface area contributed by atoms with E-state index in [2.05, 4.69) is 16.0 Å². The van der Waals surface area contributed by atoms with Crippen molar-refractivity contribution in [3.8, 4) is 11.5 Å². The molecule has 3 aliphatic rings. The van der Waals surface area contributed by atoms with Gasteiger partial charge >= 0.3 is 6.03 Å². The molecule has 0 radical (unpaired) electrons. The molecule has 1 aromatic rings. The topological polar surface area (TPSA) is 88.7 Å². The molecule has 0 aliphatic carbocycles. The van der Waals surface area contributed by atoms with Gasteiger partial charge in [0, 0.05) is 17.4 Å². The van der Waals surface area contributed by atoms with E-state index in [9.17, 15) is 9.59 Å². The summed E-state index contributed by atoms with van der Waals surface area (Å²) in [6.07, 6.45) is 3.39. The summed E-state index contributed by atoms with van der Waals surface area (Å²) in [5.41, 5.74) is 1.01. The van der Waals surface area contributed by atoms with Crippen LogP contribution in [-0.4, -0.2) is 48.2 Å². The highest BCUT2D eigenvalue weighted by atomic mass is 32.2. The Morgan fingerprint density at radius 1 is 1.25 bits per heavy atom. The van der Waals surface area contributed by atoms with Crippen molar-refractivity contribution in [2.75, 3.05) is 19.0 Å². The summed E-state index contributed by atoms with van der Waals surface area (Å²) >= 11 is 1.91. The zero-order valence-corrected chi connectivity index (χ0v) is 16.8. The lowest BCUT2D eigenvalue weighted by Gasteiger charge is -2.21. The van der Waals surface area contributed by atoms with Gasteiger partial charge in [0.2, 0.25) is 5.91 Å². The minimum absolute atomic E-state index is 0.0483. The molecule has 4 rings (SSSR count). The highest BCUT2D eigenvalue weighted by Crippen LogP contribution is 2.34. The first-order valence-corrected chi connectivity index (χ1v) is 11.0. The summed E-state index contributed by atoms with van der Waals surface area (Å²) in [5, 5.41) is 9.49. The van der Waals surface area contributed by atoms with Crippen LogP contribution in [0.25, 0.3) is 0 Å². The number of ether oxygens (including phenoxy) is 2. The van der Waals surface area contributed by atoms with Crippen LogP contribution in [0.2, 0.25) is 0 Å². The second kappa shape index (κ2) is 8.51. The molecular weight excluding hydrogens is 378 g/mol. The fourth-order valence-electron chi connectivity index (χ4n) is 4.00. The number of carbonyl (C=O) groups excluding carboxylic acids is 2. The molecule has 3 aliphatic heterocycles. The van der Waals surface area contributed by atoms with E-state index >= 15 is 0 Å². The molecule has 0 aromatic heterocycles. The lowest BCUT2D eigenvalue weighted by molar-refractivity contribution is -0.121. The predicted octanol–water partition coefficient (Wildman–Crippen LogP) is 2.36. The summed E-state index contributed by atoms with van der Waals surface area (Å²) in [6.45, 7) is 3.11. The molecule has 3 N–H and O–H groups in total. The summed E-state index contributed by atoms with van der Waals surface area (Å²) in [4.78, 5) is 23.7. The largest absolute Gasteiger partial charge is 0.486 e. The number of thioether (sulfide) groups is 1. The number of rotatable bonds is 7. The molecule has 3 heterocycles. The van der Waals surface area contributed by atoms with E-state index in [1.165, 1.54) is 0 Å². The molecule has 28 heavy (non-hydrogen) atoms. The number of hydrogen-bond acceptors (Lipinski definition) is 5. The molecule has 0 bridgehead atoms. The van der Waals surface area contributed by atoms with Crippen molar-refractivity contribution in [1.29, 1.82) is 0 Å². The summed E-state index contributed by atoms with van der Waals surface area (Å²) in [5.74, 6) is 2.54. The van der Waals surface area contributed by atoms with Gasteiger partial charge < -0.3 is 25.4 Å². The second-order valence-corrected chi connectivity index (χ2v) is 8.83. The third-order valence-electron chi connectivity index (χ3n) is 5.52. The normalized spacial score (nSPS) is 26.2. The molecule has 7 nitrogen and oxygen atoms in total. The lowest BCUT2D eigenvalue weighted by atomic mass is 10.0. The van der Waals surface area contributed by atoms with E-state index in [1.54, 1.807) is 0 Å². The summed E-state index contributed by atoms with van der Waals surface area (Å²) in [6, 6.07) is 6.18. The Morgan fingerprint density at radius 3 is 2.93 bits per heavy atom. The average Bonchev–Trinajstić information content (AvgIpc) is 3.24. The van der Waals surface area contributed by atoms with Crippen LogP contribution < -0.4 is 25.4 Å². The molecule has 0 saturated carbocycles. The Kier molecular flexibility index (Phi) is 5.85. The molecule has 8 heteroatoms. The van der Waals surface area contributed by atoms with Gasteiger partial charge in [0.1, 0.15) is 13.2 Å². The Hall–Kier alpha value is -2.09. The number of urea groups is 1. The van der Waals surface area contributed by atoms with Gasteiger partial charge in [-0.1, -0.05) is 12.5 Å². The van der Waals surface area contributed by atoms with Gasteiger partial charge in [0.25, 0.3) is 0 Å². The van der Waals surface area contributed by atoms with Crippen molar-refractivity contribution in [1.82, 2.24) is 16.0 Å². The minimum Gasteiger partial charge on any atom is -0.486 e. The van der Waals surface area contributed by atoms with Crippen molar-refractivity contribution in [3.63, 3.8) is 0 Å². The van der Waals surface area contributed by atoms with E-state index in [0.29, 0.717) is 24.9 Å². The van der Waals surface area contributed by atoms with E-state index in [-0.39, 0.29) is 30.1 Å². The van der Waals surface area contributed by atoms with Crippen molar-refractivity contribution < 1.29 is 19.1 Å². The minimum atomic E-state index is -0.0748. The number of unbranched alkanes of at least 4 members (excludes halogenated alkanes) is 1. The van der Waals surface area contributed by atoms with E-state index in [0.717, 1.165) is 42.1 Å². The van der Waals surface area contributed by atoms with Crippen molar-refractivity contribution in [2.45, 2.75) is 56.0 Å². The van der Waals surface area contributed by atoms with Crippen molar-refractivity contribution in [2.24, 2.45) is 0 Å². The van der Waals surface area contributed by atoms with Crippen LogP contribution >= 0.6 is 11.8 Å². The summed E-state index contributed by atoms with van der Waals surface area (Å²) in [7, 11) is 0. The van der Waals surface area contributed by atoms with Gasteiger partial charge in [-0.25, -0.2) is 4.79 Å². The number of fused-ring (bicyclic) bond motifs is 2. The zero-order chi connectivity index (χ0) is 19.5. The van der Waals surface area contributed by atoms with E-state index in [4.69, 9.17) is 9.47 Å². The quantitative estimate of drug-likeness (QED) is 0.479. The third kappa shape index (κ3) is 4.32. The maximum absolute atomic E-state index is 12.3. The van der Waals surface area contributed by atoms with Crippen molar-refractivity contribution >= 4 is 23.7 Å². The lowest BCUT2D eigenvalue weighted by Crippen LogP contribution is -2.36. The SMILES string of the molecule is C[C@H](NC(=O)CCCC[C@@H]1SC[C@@H]2NC(=O)N[C@@H]21)c1ccc2c(c1)OCCO2. The maximum atomic E-state index is 12.3. The van der Waals surface area contributed by atoms with Crippen LogP contribution in [0.4, 0.5) is 4.79 Å². The number of nitrogens with one attached hydrogen (secondary N) is 3. The second-order valence-electron chi connectivity index (χ2n) is 7.56. The van der Waals surface area contributed by atoms with Gasteiger partial charge in [-0.15, -0.1) is 0 Å². The van der Waals surface area contributed by atoms with Crippen LogP contribution in [0.3, 0.4) is 0 Å². The molecule has 0 spiro atoms. The number of benzene rings is 1. The molecule has 152 valence electrons. The standard InChI is InChI=1S/C20H27N3O4S/c1-12(13-6-7-15-16(10-13)27-9-8-26-15)21-18(24)5-3-2-4-17-19-14(11-28-17)22-20(25)23-19/h6-7,10,12,14,17,19H,2-5,8-9,11H2,1H3,(H,21,24)(H2,22,23,25)/t12-,14-,17-,19-/m0/s1. The zero-order valence-electron chi connectivity index (χ0n) is 16.0. The Labute approximate surface area is 169 Å². The van der Waals surface area contributed by atoms with E-state index < -0.39 is 0 Å². The maximum Gasteiger partial charge on any atom is 0.315 e. The highest BCUT2D eigenvalue weighted by Gasteiger charge is 2.42. The van der Waals surface area contributed by atoms with Gasteiger partial charge in [0.15, 0.2) is 11.5 Å².